The molecule has 0 amide bonds. The predicted molar refractivity (Wildman–Crippen MR) is 64.7 cm³/mol. The topological polar surface area (TPSA) is 80.4 Å². The number of carboxylic acid groups (broad SMARTS) is 1. The number of hydrogen-bond donors (Lipinski definition) is 1. The molecule has 1 aromatic heterocycles. The first-order valence-electron chi connectivity index (χ1n) is 5.48. The summed E-state index contributed by atoms with van der Waals surface area (Å²) in [4.78, 5) is 26.2. The van der Waals surface area contributed by atoms with Crippen LogP contribution in [0.2, 0.25) is 0 Å². The first kappa shape index (κ1) is 12.3. The third-order valence-electron chi connectivity index (χ3n) is 2.49. The van der Waals surface area contributed by atoms with E-state index in [0.717, 1.165) is 0 Å². The molecule has 0 fully saturated rings. The molecule has 0 bridgehead atoms. The SMILES string of the molecule is CC(C)(C)c1nc2cc(C(=O)C(=O)O)ccc2o1. The molecular weight excluding hydrogens is 234 g/mol. The minimum Gasteiger partial charge on any atom is -0.475 e. The van der Waals surface area contributed by atoms with E-state index in [1.807, 2.05) is 20.8 Å². The third-order valence-corrected chi connectivity index (χ3v) is 2.49. The van der Waals surface area contributed by atoms with E-state index in [4.69, 9.17) is 9.52 Å². The van der Waals surface area contributed by atoms with Crippen molar-refractivity contribution in [2.45, 2.75) is 26.2 Å². The van der Waals surface area contributed by atoms with Crippen molar-refractivity contribution in [1.29, 1.82) is 0 Å². The summed E-state index contributed by atoms with van der Waals surface area (Å²) in [6.45, 7) is 5.88. The number of fused-ring (bicyclic) bond motifs is 1. The highest BCUT2D eigenvalue weighted by molar-refractivity contribution is 6.40. The second-order valence-corrected chi connectivity index (χ2v) is 5.09. The van der Waals surface area contributed by atoms with Crippen molar-refractivity contribution in [3.63, 3.8) is 0 Å². The monoisotopic (exact) mass is 247 g/mol. The van der Waals surface area contributed by atoms with E-state index in [2.05, 4.69) is 4.98 Å². The number of hydrogen-bond acceptors (Lipinski definition) is 4. The Kier molecular flexibility index (Phi) is 2.69. The molecule has 1 heterocycles. The van der Waals surface area contributed by atoms with Crippen LogP contribution in [0.4, 0.5) is 0 Å². The summed E-state index contributed by atoms with van der Waals surface area (Å²) in [5.41, 5.74) is 0.897. The van der Waals surface area contributed by atoms with Gasteiger partial charge in [0.25, 0.3) is 5.78 Å². The highest BCUT2D eigenvalue weighted by Crippen LogP contribution is 2.26. The summed E-state index contributed by atoms with van der Waals surface area (Å²) in [5, 5.41) is 8.65. The number of aromatic nitrogens is 1. The molecule has 0 atom stereocenters. The molecule has 94 valence electrons. The van der Waals surface area contributed by atoms with Gasteiger partial charge in [-0.15, -0.1) is 0 Å². The minimum absolute atomic E-state index is 0.101. The fraction of sp³-hybridized carbons (Fsp3) is 0.308. The molecule has 5 heteroatoms. The largest absolute Gasteiger partial charge is 0.475 e. The number of Topliss-reactive ketones (excluding diaryl/α,β-unsaturated/α-hetero) is 1. The number of carbonyl (C=O) groups is 2. The zero-order chi connectivity index (χ0) is 13.5. The Bertz CT molecular complexity index is 634. The zero-order valence-electron chi connectivity index (χ0n) is 10.4. The van der Waals surface area contributed by atoms with Crippen molar-refractivity contribution < 1.29 is 19.1 Å². The third kappa shape index (κ3) is 2.11. The molecule has 0 saturated heterocycles. The molecule has 2 aromatic rings. The van der Waals surface area contributed by atoms with E-state index >= 15 is 0 Å². The molecule has 1 aromatic carbocycles. The standard InChI is InChI=1S/C13H13NO4/c1-13(2,3)12-14-8-6-7(10(15)11(16)17)4-5-9(8)18-12/h4-6H,1-3H3,(H,16,17). The number of aliphatic carboxylic acids is 1. The number of benzene rings is 1. The number of carbonyl (C=O) groups excluding carboxylic acids is 1. The lowest BCUT2D eigenvalue weighted by atomic mass is 9.97. The van der Waals surface area contributed by atoms with Gasteiger partial charge in [0.1, 0.15) is 5.52 Å². The van der Waals surface area contributed by atoms with Gasteiger partial charge in [-0.05, 0) is 18.2 Å². The summed E-state index contributed by atoms with van der Waals surface area (Å²) < 4.78 is 5.56. The Balaban J connectivity index is 2.53. The van der Waals surface area contributed by atoms with E-state index in [0.29, 0.717) is 17.0 Å². The lowest BCUT2D eigenvalue weighted by Gasteiger charge is -2.11. The van der Waals surface area contributed by atoms with Crippen LogP contribution >= 0.6 is 0 Å². The fourth-order valence-electron chi connectivity index (χ4n) is 1.51. The van der Waals surface area contributed by atoms with Gasteiger partial charge in [0, 0.05) is 11.0 Å². The van der Waals surface area contributed by atoms with Gasteiger partial charge in [0.05, 0.1) is 0 Å². The van der Waals surface area contributed by atoms with Crippen LogP contribution in [0.1, 0.15) is 37.0 Å². The molecule has 5 nitrogen and oxygen atoms in total. The molecule has 1 N–H and O–H groups in total. The maximum atomic E-state index is 11.3. The summed E-state index contributed by atoms with van der Waals surface area (Å²) in [6, 6.07) is 4.43. The van der Waals surface area contributed by atoms with E-state index < -0.39 is 11.8 Å². The molecule has 2 rings (SSSR count). The van der Waals surface area contributed by atoms with Crippen LogP contribution in [-0.4, -0.2) is 21.8 Å². The smallest absolute Gasteiger partial charge is 0.377 e. The number of nitrogens with zero attached hydrogens (tertiary/aromatic N) is 1. The van der Waals surface area contributed by atoms with Crippen molar-refractivity contribution in [2.75, 3.05) is 0 Å². The van der Waals surface area contributed by atoms with Crippen molar-refractivity contribution in [2.24, 2.45) is 0 Å². The molecule has 0 spiro atoms. The van der Waals surface area contributed by atoms with Gasteiger partial charge in [0.15, 0.2) is 5.58 Å². The number of ketones is 1. The molecule has 0 aliphatic heterocycles. The van der Waals surface area contributed by atoms with Crippen LogP contribution in [0.3, 0.4) is 0 Å². The van der Waals surface area contributed by atoms with E-state index in [1.165, 1.54) is 12.1 Å². The molecule has 0 aliphatic carbocycles. The quantitative estimate of drug-likeness (QED) is 0.651. The predicted octanol–water partition coefficient (Wildman–Crippen LogP) is 2.39. The van der Waals surface area contributed by atoms with Crippen molar-refractivity contribution in [3.8, 4) is 0 Å². The Labute approximate surface area is 103 Å². The van der Waals surface area contributed by atoms with E-state index in [1.54, 1.807) is 6.07 Å². The zero-order valence-corrected chi connectivity index (χ0v) is 10.4. The summed E-state index contributed by atoms with van der Waals surface area (Å²) in [7, 11) is 0. The molecule has 0 aliphatic rings. The molecule has 18 heavy (non-hydrogen) atoms. The van der Waals surface area contributed by atoms with Crippen molar-refractivity contribution >= 4 is 22.9 Å². The fourth-order valence-corrected chi connectivity index (χ4v) is 1.51. The Morgan fingerprint density at radius 1 is 1.28 bits per heavy atom. The van der Waals surface area contributed by atoms with Crippen LogP contribution < -0.4 is 0 Å². The summed E-state index contributed by atoms with van der Waals surface area (Å²) >= 11 is 0. The maximum absolute atomic E-state index is 11.3. The summed E-state index contributed by atoms with van der Waals surface area (Å²) in [6.07, 6.45) is 0. The number of rotatable bonds is 2. The van der Waals surface area contributed by atoms with Gasteiger partial charge in [-0.2, -0.15) is 0 Å². The van der Waals surface area contributed by atoms with E-state index in [9.17, 15) is 9.59 Å². The van der Waals surface area contributed by atoms with Gasteiger partial charge in [-0.25, -0.2) is 9.78 Å². The van der Waals surface area contributed by atoms with Crippen LogP contribution in [0, 0.1) is 0 Å². The van der Waals surface area contributed by atoms with Crippen LogP contribution in [0.25, 0.3) is 11.1 Å². The van der Waals surface area contributed by atoms with Crippen LogP contribution in [0.5, 0.6) is 0 Å². The van der Waals surface area contributed by atoms with Crippen LogP contribution in [-0.2, 0) is 10.2 Å². The Morgan fingerprint density at radius 2 is 1.94 bits per heavy atom. The number of carboxylic acids is 1. The van der Waals surface area contributed by atoms with Crippen LogP contribution in [0.15, 0.2) is 22.6 Å². The van der Waals surface area contributed by atoms with Gasteiger partial charge < -0.3 is 9.52 Å². The lowest BCUT2D eigenvalue weighted by molar-refractivity contribution is -0.131. The second-order valence-electron chi connectivity index (χ2n) is 5.09. The van der Waals surface area contributed by atoms with Gasteiger partial charge >= 0.3 is 5.97 Å². The van der Waals surface area contributed by atoms with E-state index in [-0.39, 0.29) is 11.0 Å². The Morgan fingerprint density at radius 3 is 2.50 bits per heavy atom. The molecular formula is C13H13NO4. The van der Waals surface area contributed by atoms with Crippen molar-refractivity contribution in [1.82, 2.24) is 4.98 Å². The first-order valence-corrected chi connectivity index (χ1v) is 5.48. The minimum atomic E-state index is -1.48. The normalized spacial score (nSPS) is 11.7. The average Bonchev–Trinajstić information content (AvgIpc) is 2.69. The lowest BCUT2D eigenvalue weighted by Crippen LogP contribution is -2.12. The van der Waals surface area contributed by atoms with Gasteiger partial charge in [-0.3, -0.25) is 4.79 Å². The second kappa shape index (κ2) is 3.94. The Hall–Kier alpha value is -2.17. The highest BCUT2D eigenvalue weighted by Gasteiger charge is 2.22. The molecule has 0 radical (unpaired) electrons. The first-order chi connectivity index (χ1) is 8.29. The summed E-state index contributed by atoms with van der Waals surface area (Å²) in [5.74, 6) is -1.87. The average molecular weight is 247 g/mol. The highest BCUT2D eigenvalue weighted by atomic mass is 16.4. The van der Waals surface area contributed by atoms with Crippen molar-refractivity contribution in [3.05, 3.63) is 29.7 Å². The maximum Gasteiger partial charge on any atom is 0.377 e. The van der Waals surface area contributed by atoms with Gasteiger partial charge in [0.2, 0.25) is 5.89 Å². The molecule has 0 unspecified atom stereocenters. The number of oxazole rings is 1. The van der Waals surface area contributed by atoms with Gasteiger partial charge in [-0.1, -0.05) is 20.8 Å². The molecule has 0 saturated carbocycles.